The number of hydrogen-bond acceptors (Lipinski definition) is 5. The molecule has 0 atom stereocenters. The number of nitrogens with two attached hydrogens (primary N) is 1. The van der Waals surface area contributed by atoms with Gasteiger partial charge in [-0.05, 0) is 0 Å². The van der Waals surface area contributed by atoms with Crippen molar-refractivity contribution in [2.75, 3.05) is 26.2 Å². The summed E-state index contributed by atoms with van der Waals surface area (Å²) in [5, 5.41) is 15.8. The predicted molar refractivity (Wildman–Crippen MR) is 61.8 cm³/mol. The van der Waals surface area contributed by atoms with Crippen molar-refractivity contribution in [1.82, 2.24) is 30.9 Å². The Morgan fingerprint density at radius 2 is 2.17 bits per heavy atom. The van der Waals surface area contributed by atoms with Crippen molar-refractivity contribution in [3.8, 4) is 0 Å². The molecule has 0 unspecified atom stereocenters. The number of aromatic nitrogens is 3. The fourth-order valence-electron chi connectivity index (χ4n) is 1.47. The van der Waals surface area contributed by atoms with E-state index in [0.29, 0.717) is 6.54 Å². The molecule has 98 valence electrons. The first-order chi connectivity index (χ1) is 8.66. The monoisotopic (exact) mass is 253 g/mol. The molecule has 0 bridgehead atoms. The van der Waals surface area contributed by atoms with E-state index in [2.05, 4.69) is 26.3 Å². The highest BCUT2D eigenvalue weighted by Crippen LogP contribution is 2.09. The molecule has 1 aliphatic rings. The van der Waals surface area contributed by atoms with Crippen LogP contribution in [0.15, 0.2) is 6.20 Å². The molecule has 1 aromatic rings. The summed E-state index contributed by atoms with van der Waals surface area (Å²) in [7, 11) is 0. The van der Waals surface area contributed by atoms with E-state index in [0.717, 1.165) is 13.1 Å². The smallest absolute Gasteiger partial charge is 0.312 e. The molecule has 2 heterocycles. The average molecular weight is 253 g/mol. The van der Waals surface area contributed by atoms with Crippen molar-refractivity contribution in [2.24, 2.45) is 5.73 Å². The van der Waals surface area contributed by atoms with Gasteiger partial charge in [0.25, 0.3) is 5.91 Å². The summed E-state index contributed by atoms with van der Waals surface area (Å²) in [6.45, 7) is 2.25. The van der Waals surface area contributed by atoms with Gasteiger partial charge in [0.2, 0.25) is 0 Å². The highest BCUT2D eigenvalue weighted by Gasteiger charge is 2.21. The Kier molecular flexibility index (Phi) is 3.72. The summed E-state index contributed by atoms with van der Waals surface area (Å²) in [6, 6.07) is -0.344. The summed E-state index contributed by atoms with van der Waals surface area (Å²) >= 11 is 0. The number of nitrogens with zero attached hydrogens (tertiary/aromatic N) is 3. The van der Waals surface area contributed by atoms with Gasteiger partial charge < -0.3 is 21.7 Å². The van der Waals surface area contributed by atoms with Gasteiger partial charge in [0.15, 0.2) is 5.69 Å². The zero-order valence-electron chi connectivity index (χ0n) is 9.72. The number of carbonyl (C=O) groups excluding carboxylic acids is 2. The van der Waals surface area contributed by atoms with E-state index in [-0.39, 0.29) is 24.2 Å². The molecule has 1 aliphatic heterocycles. The van der Waals surface area contributed by atoms with E-state index in [1.165, 1.54) is 0 Å². The molecule has 1 aromatic heterocycles. The van der Waals surface area contributed by atoms with Crippen LogP contribution in [0, 0.1) is 0 Å². The number of urea groups is 1. The summed E-state index contributed by atoms with van der Waals surface area (Å²) in [5.41, 5.74) is 5.15. The van der Waals surface area contributed by atoms with Crippen LogP contribution in [0.2, 0.25) is 0 Å². The molecule has 0 spiro atoms. The molecule has 0 radical (unpaired) electrons. The quantitative estimate of drug-likeness (QED) is 0.444. The molecule has 9 heteroatoms. The molecule has 0 aliphatic carbocycles. The molecule has 0 aromatic carbocycles. The third kappa shape index (κ3) is 2.94. The summed E-state index contributed by atoms with van der Waals surface area (Å²) in [5.74, 6) is -0.320. The number of rotatable bonds is 5. The Bertz CT molecular complexity index is 440. The third-order valence-corrected chi connectivity index (χ3v) is 2.59. The molecule has 1 saturated heterocycles. The molecular formula is C9H15N7O2. The Hall–Kier alpha value is -2.16. The number of nitrogens with one attached hydrogen (secondary N) is 3. The van der Waals surface area contributed by atoms with Crippen molar-refractivity contribution in [3.05, 3.63) is 11.9 Å². The second-order valence-corrected chi connectivity index (χ2v) is 3.94. The van der Waals surface area contributed by atoms with Crippen molar-refractivity contribution in [1.29, 1.82) is 0 Å². The summed E-state index contributed by atoms with van der Waals surface area (Å²) in [4.78, 5) is 22.0. The number of carbonyl (C=O) groups is 2. The second-order valence-electron chi connectivity index (χ2n) is 3.94. The second kappa shape index (κ2) is 5.45. The maximum Gasteiger partial charge on any atom is 0.312 e. The van der Waals surface area contributed by atoms with Crippen molar-refractivity contribution >= 4 is 11.9 Å². The molecule has 5 N–H and O–H groups in total. The maximum absolute atomic E-state index is 11.6. The van der Waals surface area contributed by atoms with Gasteiger partial charge >= 0.3 is 6.03 Å². The SMILES string of the molecule is NC(=O)NCCNC(=O)c1cn(C2CNC2)nn1. The molecule has 3 amide bonds. The Morgan fingerprint density at radius 3 is 2.78 bits per heavy atom. The molecular weight excluding hydrogens is 238 g/mol. The first kappa shape index (κ1) is 12.3. The van der Waals surface area contributed by atoms with Crippen molar-refractivity contribution in [2.45, 2.75) is 6.04 Å². The van der Waals surface area contributed by atoms with Gasteiger partial charge in [-0.1, -0.05) is 5.21 Å². The standard InChI is InChI=1S/C9H15N7O2/c10-9(18)13-2-1-12-8(17)7-5-16(15-14-7)6-3-11-4-6/h5-6,11H,1-4H2,(H,12,17)(H3,10,13,18). The Balaban J connectivity index is 1.77. The predicted octanol–water partition coefficient (Wildman–Crippen LogP) is -2.18. The third-order valence-electron chi connectivity index (χ3n) is 2.59. The van der Waals surface area contributed by atoms with Crippen LogP contribution in [0.1, 0.15) is 16.5 Å². The van der Waals surface area contributed by atoms with Crippen LogP contribution in [-0.4, -0.2) is 53.1 Å². The highest BCUT2D eigenvalue weighted by molar-refractivity contribution is 5.91. The van der Waals surface area contributed by atoms with E-state index in [9.17, 15) is 9.59 Å². The van der Waals surface area contributed by atoms with Crippen LogP contribution in [-0.2, 0) is 0 Å². The van der Waals surface area contributed by atoms with Crippen LogP contribution in [0.3, 0.4) is 0 Å². The van der Waals surface area contributed by atoms with E-state index in [1.807, 2.05) is 0 Å². The van der Waals surface area contributed by atoms with E-state index < -0.39 is 6.03 Å². The van der Waals surface area contributed by atoms with Gasteiger partial charge in [-0.2, -0.15) is 0 Å². The normalized spacial score (nSPS) is 14.9. The average Bonchev–Trinajstić information content (AvgIpc) is 2.70. The highest BCUT2D eigenvalue weighted by atomic mass is 16.2. The van der Waals surface area contributed by atoms with E-state index in [4.69, 9.17) is 5.73 Å². The minimum Gasteiger partial charge on any atom is -0.352 e. The summed E-state index contributed by atoms with van der Waals surface area (Å²) in [6.07, 6.45) is 1.61. The molecule has 18 heavy (non-hydrogen) atoms. The Labute approximate surface area is 103 Å². The minimum atomic E-state index is -0.618. The Morgan fingerprint density at radius 1 is 1.44 bits per heavy atom. The van der Waals surface area contributed by atoms with Crippen molar-refractivity contribution in [3.63, 3.8) is 0 Å². The van der Waals surface area contributed by atoms with Gasteiger partial charge in [0, 0.05) is 26.2 Å². The number of amides is 3. The molecule has 9 nitrogen and oxygen atoms in total. The zero-order chi connectivity index (χ0) is 13.0. The lowest BCUT2D eigenvalue weighted by Gasteiger charge is -2.26. The van der Waals surface area contributed by atoms with Crippen molar-refractivity contribution < 1.29 is 9.59 Å². The molecule has 1 fully saturated rings. The van der Waals surface area contributed by atoms with Gasteiger partial charge in [-0.15, -0.1) is 5.10 Å². The van der Waals surface area contributed by atoms with E-state index in [1.54, 1.807) is 10.9 Å². The fourth-order valence-corrected chi connectivity index (χ4v) is 1.47. The fraction of sp³-hybridized carbons (Fsp3) is 0.556. The minimum absolute atomic E-state index is 0.265. The van der Waals surface area contributed by atoms with Gasteiger partial charge in [0.1, 0.15) is 0 Å². The lowest BCUT2D eigenvalue weighted by atomic mass is 10.2. The largest absolute Gasteiger partial charge is 0.352 e. The first-order valence-corrected chi connectivity index (χ1v) is 5.61. The molecule has 0 saturated carbocycles. The summed E-state index contributed by atoms with van der Waals surface area (Å²) < 4.78 is 1.67. The maximum atomic E-state index is 11.6. The van der Waals surface area contributed by atoms with Crippen LogP contribution in [0.5, 0.6) is 0 Å². The lowest BCUT2D eigenvalue weighted by molar-refractivity contribution is 0.0948. The molecule has 2 rings (SSSR count). The zero-order valence-corrected chi connectivity index (χ0v) is 9.72. The van der Waals surface area contributed by atoms with Crippen LogP contribution in [0.25, 0.3) is 0 Å². The van der Waals surface area contributed by atoms with E-state index >= 15 is 0 Å². The van der Waals surface area contributed by atoms with Gasteiger partial charge in [-0.3, -0.25) is 4.79 Å². The van der Waals surface area contributed by atoms with Crippen LogP contribution in [0.4, 0.5) is 4.79 Å². The first-order valence-electron chi connectivity index (χ1n) is 5.61. The van der Waals surface area contributed by atoms with Gasteiger partial charge in [-0.25, -0.2) is 9.48 Å². The number of primary amides is 1. The lowest BCUT2D eigenvalue weighted by Crippen LogP contribution is -2.43. The topological polar surface area (TPSA) is 127 Å². The number of hydrogen-bond donors (Lipinski definition) is 4. The van der Waals surface area contributed by atoms with Gasteiger partial charge in [0.05, 0.1) is 12.2 Å². The van der Waals surface area contributed by atoms with Crippen LogP contribution >= 0.6 is 0 Å². The van der Waals surface area contributed by atoms with Crippen LogP contribution < -0.4 is 21.7 Å².